The Kier molecular flexibility index (Phi) is 4.89. The van der Waals surface area contributed by atoms with Gasteiger partial charge in [0.15, 0.2) is 0 Å². The summed E-state index contributed by atoms with van der Waals surface area (Å²) in [6.07, 6.45) is 8.03. The summed E-state index contributed by atoms with van der Waals surface area (Å²) in [7, 11) is 1.73. The predicted molar refractivity (Wildman–Crippen MR) is 74.9 cm³/mol. The number of ether oxygens (including phenoxy) is 1. The summed E-state index contributed by atoms with van der Waals surface area (Å²) in [5, 5.41) is 0. The lowest BCUT2D eigenvalue weighted by atomic mass is 9.88. The van der Waals surface area contributed by atoms with E-state index in [1.54, 1.807) is 13.2 Å². The Hall–Kier alpha value is -1.44. The maximum Gasteiger partial charge on any atom is 0.235 e. The van der Waals surface area contributed by atoms with Gasteiger partial charge in [0.05, 0.1) is 5.54 Å². The highest BCUT2D eigenvalue weighted by molar-refractivity contribution is 5.39. The van der Waals surface area contributed by atoms with E-state index in [0.717, 1.165) is 50.7 Å². The molecule has 0 heterocycles. The average molecular weight is 259 g/mol. The molecule has 1 aliphatic carbocycles. The molecule has 3 nitrogen and oxygen atoms in total. The molecule has 0 unspecified atom stereocenters. The maximum atomic E-state index is 10.7. The topological polar surface area (TPSA) is 38.7 Å². The van der Waals surface area contributed by atoms with E-state index in [9.17, 15) is 4.79 Å². The lowest BCUT2D eigenvalue weighted by molar-refractivity contribution is 0.195. The van der Waals surface area contributed by atoms with E-state index in [2.05, 4.69) is 29.3 Å². The van der Waals surface area contributed by atoms with E-state index in [-0.39, 0.29) is 5.54 Å². The number of nitrogens with zero attached hydrogens (tertiary/aromatic N) is 1. The van der Waals surface area contributed by atoms with Crippen molar-refractivity contribution in [3.05, 3.63) is 35.4 Å². The van der Waals surface area contributed by atoms with Gasteiger partial charge in [-0.15, -0.1) is 0 Å². The molecule has 0 radical (unpaired) electrons. The summed E-state index contributed by atoms with van der Waals surface area (Å²) in [6, 6.07) is 8.53. The normalized spacial score (nSPS) is 17.1. The van der Waals surface area contributed by atoms with Crippen molar-refractivity contribution in [2.45, 2.75) is 44.1 Å². The fourth-order valence-corrected chi connectivity index (χ4v) is 2.91. The Balaban J connectivity index is 2.10. The molecule has 0 aromatic heterocycles. The zero-order chi connectivity index (χ0) is 13.6. The summed E-state index contributed by atoms with van der Waals surface area (Å²) >= 11 is 0. The molecule has 0 amide bonds. The number of hydrogen-bond acceptors (Lipinski definition) is 3. The van der Waals surface area contributed by atoms with Gasteiger partial charge >= 0.3 is 0 Å². The number of hydrogen-bond donors (Lipinski definition) is 0. The third-order valence-corrected chi connectivity index (χ3v) is 4.00. The lowest BCUT2D eigenvalue weighted by Gasteiger charge is -2.23. The van der Waals surface area contributed by atoms with Crippen molar-refractivity contribution in [1.82, 2.24) is 0 Å². The Labute approximate surface area is 114 Å². The minimum Gasteiger partial charge on any atom is -0.385 e. The number of carbonyl (C=O) groups excluding carboxylic acids is 1. The minimum atomic E-state index is -0.299. The second-order valence-electron chi connectivity index (χ2n) is 5.24. The molecule has 1 aromatic carbocycles. The number of aryl methyl sites for hydroxylation is 1. The van der Waals surface area contributed by atoms with E-state index in [4.69, 9.17) is 4.74 Å². The Morgan fingerprint density at radius 3 is 2.53 bits per heavy atom. The first-order valence-electron chi connectivity index (χ1n) is 6.98. The molecule has 1 fully saturated rings. The Morgan fingerprint density at radius 1 is 1.26 bits per heavy atom. The van der Waals surface area contributed by atoms with Crippen LogP contribution >= 0.6 is 0 Å². The van der Waals surface area contributed by atoms with Crippen LogP contribution in [0.1, 0.15) is 43.2 Å². The average Bonchev–Trinajstić information content (AvgIpc) is 2.90. The molecule has 19 heavy (non-hydrogen) atoms. The van der Waals surface area contributed by atoms with Crippen molar-refractivity contribution in [2.24, 2.45) is 4.99 Å². The fraction of sp³-hybridized carbons (Fsp3) is 0.562. The van der Waals surface area contributed by atoms with Crippen molar-refractivity contribution in [3.8, 4) is 0 Å². The molecule has 0 atom stereocenters. The number of rotatable bonds is 6. The van der Waals surface area contributed by atoms with Crippen molar-refractivity contribution < 1.29 is 9.53 Å². The Bertz CT molecular complexity index is 440. The first-order valence-corrected chi connectivity index (χ1v) is 6.98. The summed E-state index contributed by atoms with van der Waals surface area (Å²) in [5.74, 6) is 0. The van der Waals surface area contributed by atoms with Crippen LogP contribution in [0.4, 0.5) is 0 Å². The monoisotopic (exact) mass is 259 g/mol. The molecule has 0 spiro atoms. The molecule has 1 saturated carbocycles. The minimum absolute atomic E-state index is 0.299. The molecule has 0 aliphatic heterocycles. The van der Waals surface area contributed by atoms with Crippen molar-refractivity contribution in [2.75, 3.05) is 13.7 Å². The van der Waals surface area contributed by atoms with Crippen LogP contribution in [0.15, 0.2) is 29.3 Å². The van der Waals surface area contributed by atoms with E-state index >= 15 is 0 Å². The van der Waals surface area contributed by atoms with Gasteiger partial charge in [0, 0.05) is 13.7 Å². The summed E-state index contributed by atoms with van der Waals surface area (Å²) < 4.78 is 5.06. The van der Waals surface area contributed by atoms with Crippen LogP contribution in [0.5, 0.6) is 0 Å². The first kappa shape index (κ1) is 14.0. The van der Waals surface area contributed by atoms with Gasteiger partial charge in [-0.3, -0.25) is 0 Å². The molecule has 1 aliphatic rings. The van der Waals surface area contributed by atoms with Gasteiger partial charge in [0.1, 0.15) is 0 Å². The Morgan fingerprint density at radius 2 is 1.95 bits per heavy atom. The van der Waals surface area contributed by atoms with E-state index in [0.29, 0.717) is 0 Å². The molecule has 0 N–H and O–H groups in total. The fourth-order valence-electron chi connectivity index (χ4n) is 2.91. The predicted octanol–water partition coefficient (Wildman–Crippen LogP) is 3.37. The van der Waals surface area contributed by atoms with Crippen molar-refractivity contribution in [1.29, 1.82) is 0 Å². The van der Waals surface area contributed by atoms with Gasteiger partial charge in [-0.05, 0) is 36.8 Å². The van der Waals surface area contributed by atoms with Crippen LogP contribution in [-0.4, -0.2) is 19.8 Å². The maximum absolute atomic E-state index is 10.7. The highest BCUT2D eigenvalue weighted by Gasteiger charge is 2.35. The second kappa shape index (κ2) is 6.65. The van der Waals surface area contributed by atoms with E-state index < -0.39 is 0 Å². The molecule has 3 heteroatoms. The van der Waals surface area contributed by atoms with Crippen molar-refractivity contribution in [3.63, 3.8) is 0 Å². The van der Waals surface area contributed by atoms with Gasteiger partial charge in [0.25, 0.3) is 0 Å². The first-order chi connectivity index (χ1) is 9.30. The van der Waals surface area contributed by atoms with E-state index in [1.807, 2.05) is 0 Å². The number of methoxy groups -OCH3 is 1. The number of benzene rings is 1. The standard InChI is InChI=1S/C16H21NO2/c1-19-12-4-5-14-6-8-15(9-7-14)16(17-13-18)10-2-3-11-16/h6-9H,2-5,10-12H2,1H3. The van der Waals surface area contributed by atoms with Crippen LogP contribution < -0.4 is 0 Å². The zero-order valence-electron chi connectivity index (χ0n) is 11.5. The summed E-state index contributed by atoms with van der Waals surface area (Å²) in [5.41, 5.74) is 2.17. The summed E-state index contributed by atoms with van der Waals surface area (Å²) in [6.45, 7) is 0.793. The van der Waals surface area contributed by atoms with Crippen LogP contribution in [0.3, 0.4) is 0 Å². The highest BCUT2D eigenvalue weighted by Crippen LogP contribution is 2.42. The van der Waals surface area contributed by atoms with Crippen LogP contribution in [-0.2, 0) is 21.5 Å². The van der Waals surface area contributed by atoms with Gasteiger partial charge in [-0.1, -0.05) is 37.1 Å². The molecule has 1 aromatic rings. The van der Waals surface area contributed by atoms with Crippen LogP contribution in [0.2, 0.25) is 0 Å². The molecular formula is C16H21NO2. The van der Waals surface area contributed by atoms with Gasteiger partial charge < -0.3 is 4.74 Å². The highest BCUT2D eigenvalue weighted by atomic mass is 16.5. The molecule has 0 bridgehead atoms. The van der Waals surface area contributed by atoms with Gasteiger partial charge in [-0.2, -0.15) is 4.99 Å². The second-order valence-corrected chi connectivity index (χ2v) is 5.24. The third kappa shape index (κ3) is 3.31. The quantitative estimate of drug-likeness (QED) is 0.446. The van der Waals surface area contributed by atoms with E-state index in [1.165, 1.54) is 5.56 Å². The largest absolute Gasteiger partial charge is 0.385 e. The van der Waals surface area contributed by atoms with Gasteiger partial charge in [-0.25, -0.2) is 4.79 Å². The lowest BCUT2D eigenvalue weighted by Crippen LogP contribution is -2.18. The molecular weight excluding hydrogens is 238 g/mol. The third-order valence-electron chi connectivity index (χ3n) is 4.00. The zero-order valence-corrected chi connectivity index (χ0v) is 11.5. The van der Waals surface area contributed by atoms with Crippen molar-refractivity contribution >= 4 is 6.08 Å². The summed E-state index contributed by atoms with van der Waals surface area (Å²) in [4.78, 5) is 14.8. The molecule has 2 rings (SSSR count). The SMILES string of the molecule is COCCCc1ccc(C2(N=C=O)CCCC2)cc1. The van der Waals surface area contributed by atoms with Crippen LogP contribution in [0, 0.1) is 0 Å². The van der Waals surface area contributed by atoms with Crippen LogP contribution in [0.25, 0.3) is 0 Å². The molecule has 0 saturated heterocycles. The smallest absolute Gasteiger partial charge is 0.235 e. The van der Waals surface area contributed by atoms with Gasteiger partial charge in [0.2, 0.25) is 6.08 Å². The number of isocyanates is 1. The molecule has 102 valence electrons. The number of aliphatic imine (C=N–C) groups is 1.